The minimum Gasteiger partial charge on any atom is -0.356 e. The molecular formula is C30H60N2. The van der Waals surface area contributed by atoms with E-state index >= 15 is 0 Å². The quantitative estimate of drug-likeness (QED) is 0.143. The van der Waals surface area contributed by atoms with Crippen molar-refractivity contribution in [2.45, 2.75) is 162 Å². The van der Waals surface area contributed by atoms with Crippen LogP contribution in [0.5, 0.6) is 0 Å². The smallest absolute Gasteiger partial charge is 0.103 e. The predicted octanol–water partition coefficient (Wildman–Crippen LogP) is 9.90. The molecule has 0 saturated heterocycles. The average Bonchev–Trinajstić information content (AvgIpc) is 3.19. The van der Waals surface area contributed by atoms with Gasteiger partial charge in [-0.15, -0.1) is 0 Å². The van der Waals surface area contributed by atoms with Crippen LogP contribution >= 0.6 is 0 Å². The molecule has 1 aliphatic heterocycles. The zero-order valence-corrected chi connectivity index (χ0v) is 22.8. The van der Waals surface area contributed by atoms with Crippen LogP contribution in [0.15, 0.2) is 12.4 Å². The third kappa shape index (κ3) is 14.5. The summed E-state index contributed by atoms with van der Waals surface area (Å²) in [5, 5.41) is 0. The molecule has 1 heterocycles. The number of rotatable bonds is 23. The summed E-state index contributed by atoms with van der Waals surface area (Å²) in [6.07, 6.45) is 33.8. The molecule has 0 amide bonds. The molecule has 0 N–H and O–H groups in total. The van der Waals surface area contributed by atoms with E-state index in [0.29, 0.717) is 12.1 Å². The molecule has 0 fully saturated rings. The van der Waals surface area contributed by atoms with Gasteiger partial charge in [-0.05, 0) is 18.8 Å². The molecule has 1 atom stereocenters. The molecule has 0 bridgehead atoms. The lowest BCUT2D eigenvalue weighted by atomic mass is 10.0. The average molecular weight is 449 g/mol. The maximum atomic E-state index is 2.63. The summed E-state index contributed by atoms with van der Waals surface area (Å²) in [4.78, 5) is 5.25. The van der Waals surface area contributed by atoms with E-state index in [1.807, 2.05) is 0 Å². The van der Waals surface area contributed by atoms with Gasteiger partial charge >= 0.3 is 0 Å². The van der Waals surface area contributed by atoms with Crippen LogP contribution in [0.2, 0.25) is 0 Å². The standard InChI is InChI=1S/C30H60N2/c1-5-7-9-11-13-14-15-16-17-18-20-22-24-26-32-28-27-31(30(32)29(3)4)25-23-21-19-12-10-8-6-2/h27-30H,5-26H2,1-4H3. The van der Waals surface area contributed by atoms with E-state index < -0.39 is 0 Å². The normalized spacial score (nSPS) is 16.1. The van der Waals surface area contributed by atoms with E-state index in [0.717, 1.165) is 0 Å². The van der Waals surface area contributed by atoms with Gasteiger partial charge in [-0.2, -0.15) is 0 Å². The third-order valence-corrected chi connectivity index (χ3v) is 7.27. The molecule has 0 saturated carbocycles. The molecule has 190 valence electrons. The fourth-order valence-corrected chi connectivity index (χ4v) is 5.28. The van der Waals surface area contributed by atoms with E-state index in [2.05, 4.69) is 49.9 Å². The van der Waals surface area contributed by atoms with Crippen molar-refractivity contribution < 1.29 is 0 Å². The van der Waals surface area contributed by atoms with Crippen LogP contribution in [0.1, 0.15) is 156 Å². The maximum Gasteiger partial charge on any atom is 0.103 e. The van der Waals surface area contributed by atoms with Gasteiger partial charge in [-0.25, -0.2) is 0 Å². The van der Waals surface area contributed by atoms with Crippen molar-refractivity contribution in [2.24, 2.45) is 5.92 Å². The van der Waals surface area contributed by atoms with Gasteiger partial charge in [0.2, 0.25) is 0 Å². The Balaban J connectivity index is 2.02. The van der Waals surface area contributed by atoms with Gasteiger partial charge in [0.1, 0.15) is 6.17 Å². The van der Waals surface area contributed by atoms with Gasteiger partial charge in [-0.1, -0.05) is 143 Å². The van der Waals surface area contributed by atoms with Crippen molar-refractivity contribution in [3.05, 3.63) is 12.4 Å². The summed E-state index contributed by atoms with van der Waals surface area (Å²) in [5.41, 5.74) is 0. The van der Waals surface area contributed by atoms with E-state index in [1.54, 1.807) is 0 Å². The fraction of sp³-hybridized carbons (Fsp3) is 0.933. The Hall–Kier alpha value is -0.660. The molecule has 0 spiro atoms. The van der Waals surface area contributed by atoms with E-state index in [-0.39, 0.29) is 0 Å². The summed E-state index contributed by atoms with van der Waals surface area (Å²) >= 11 is 0. The molecule has 1 rings (SSSR count). The first-order valence-electron chi connectivity index (χ1n) is 14.9. The second-order valence-electron chi connectivity index (χ2n) is 10.8. The summed E-state index contributed by atoms with van der Waals surface area (Å²) in [5.74, 6) is 0.691. The molecular weight excluding hydrogens is 388 g/mol. The molecule has 0 aromatic heterocycles. The molecule has 0 radical (unpaired) electrons. The minimum absolute atomic E-state index is 0.590. The molecule has 0 aromatic carbocycles. The first kappa shape index (κ1) is 29.4. The van der Waals surface area contributed by atoms with Gasteiger partial charge in [0.05, 0.1) is 0 Å². The Labute approximate surface area is 203 Å². The van der Waals surface area contributed by atoms with Gasteiger partial charge in [-0.3, -0.25) is 0 Å². The van der Waals surface area contributed by atoms with E-state index in [9.17, 15) is 0 Å². The van der Waals surface area contributed by atoms with Gasteiger partial charge in [0.25, 0.3) is 0 Å². The van der Waals surface area contributed by atoms with Crippen molar-refractivity contribution in [3.63, 3.8) is 0 Å². The van der Waals surface area contributed by atoms with Crippen LogP contribution in [-0.4, -0.2) is 29.1 Å². The van der Waals surface area contributed by atoms with E-state index in [1.165, 1.54) is 142 Å². The summed E-state index contributed by atoms with van der Waals surface area (Å²) < 4.78 is 0. The van der Waals surface area contributed by atoms with Crippen molar-refractivity contribution in [1.29, 1.82) is 0 Å². The lowest BCUT2D eigenvalue weighted by Gasteiger charge is -2.36. The first-order chi connectivity index (χ1) is 15.7. The number of nitrogens with zero attached hydrogens (tertiary/aromatic N) is 2. The number of hydrogen-bond donors (Lipinski definition) is 0. The summed E-state index contributed by atoms with van der Waals surface area (Å²) in [6.45, 7) is 11.9. The highest BCUT2D eigenvalue weighted by atomic mass is 15.4. The van der Waals surface area contributed by atoms with Crippen LogP contribution in [-0.2, 0) is 0 Å². The van der Waals surface area contributed by atoms with Crippen molar-refractivity contribution in [3.8, 4) is 0 Å². The third-order valence-electron chi connectivity index (χ3n) is 7.27. The lowest BCUT2D eigenvalue weighted by Crippen LogP contribution is -2.43. The molecule has 2 heteroatoms. The van der Waals surface area contributed by atoms with Crippen LogP contribution < -0.4 is 0 Å². The first-order valence-corrected chi connectivity index (χ1v) is 14.9. The Morgan fingerprint density at radius 3 is 1.03 bits per heavy atom. The highest BCUT2D eigenvalue weighted by Gasteiger charge is 2.28. The van der Waals surface area contributed by atoms with Crippen molar-refractivity contribution in [1.82, 2.24) is 9.80 Å². The minimum atomic E-state index is 0.590. The second-order valence-corrected chi connectivity index (χ2v) is 10.8. The molecule has 32 heavy (non-hydrogen) atoms. The fourth-order valence-electron chi connectivity index (χ4n) is 5.28. The van der Waals surface area contributed by atoms with Crippen LogP contribution in [0.25, 0.3) is 0 Å². The maximum absolute atomic E-state index is 2.63. The monoisotopic (exact) mass is 448 g/mol. The molecule has 1 unspecified atom stereocenters. The zero-order valence-electron chi connectivity index (χ0n) is 22.8. The van der Waals surface area contributed by atoms with Crippen molar-refractivity contribution >= 4 is 0 Å². The topological polar surface area (TPSA) is 6.48 Å². The highest BCUT2D eigenvalue weighted by Crippen LogP contribution is 2.24. The van der Waals surface area contributed by atoms with Crippen LogP contribution in [0.3, 0.4) is 0 Å². The van der Waals surface area contributed by atoms with Crippen molar-refractivity contribution in [2.75, 3.05) is 13.1 Å². The van der Waals surface area contributed by atoms with Gasteiger partial charge in [0.15, 0.2) is 0 Å². The molecule has 2 nitrogen and oxygen atoms in total. The largest absolute Gasteiger partial charge is 0.356 e. The second kappa shape index (κ2) is 20.9. The Kier molecular flexibility index (Phi) is 19.2. The van der Waals surface area contributed by atoms with Crippen LogP contribution in [0.4, 0.5) is 0 Å². The molecule has 0 aromatic rings. The lowest BCUT2D eigenvalue weighted by molar-refractivity contribution is 0.104. The molecule has 1 aliphatic rings. The Morgan fingerprint density at radius 1 is 0.469 bits per heavy atom. The number of unbranched alkanes of at least 4 members (excludes halogenated alkanes) is 18. The Morgan fingerprint density at radius 2 is 0.750 bits per heavy atom. The zero-order chi connectivity index (χ0) is 23.3. The van der Waals surface area contributed by atoms with Gasteiger partial charge < -0.3 is 9.80 Å². The highest BCUT2D eigenvalue weighted by molar-refractivity contribution is 4.98. The van der Waals surface area contributed by atoms with E-state index in [4.69, 9.17) is 0 Å². The predicted molar refractivity (Wildman–Crippen MR) is 145 cm³/mol. The number of hydrogen-bond acceptors (Lipinski definition) is 2. The van der Waals surface area contributed by atoms with Crippen LogP contribution in [0, 0.1) is 5.92 Å². The van der Waals surface area contributed by atoms with Gasteiger partial charge in [0, 0.05) is 25.5 Å². The SMILES string of the molecule is CCCCCCCCCCCCCCCN1C=CN(CCCCCCCCC)C1C(C)C. The summed E-state index contributed by atoms with van der Waals surface area (Å²) in [7, 11) is 0. The Bertz CT molecular complexity index is 417. The molecule has 0 aliphatic carbocycles. The summed E-state index contributed by atoms with van der Waals surface area (Å²) in [6, 6.07) is 0.